The Labute approximate surface area is 89.1 Å². The van der Waals surface area contributed by atoms with E-state index < -0.39 is 12.1 Å². The van der Waals surface area contributed by atoms with Gasteiger partial charge in [0.05, 0.1) is 13.0 Å². The largest absolute Gasteiger partial charge is 0.481 e. The number of hydrogen-bond acceptors (Lipinski definition) is 3. The zero-order valence-electron chi connectivity index (χ0n) is 8.86. The van der Waals surface area contributed by atoms with Crippen LogP contribution >= 0.6 is 0 Å². The Morgan fingerprint density at radius 3 is 2.80 bits per heavy atom. The Morgan fingerprint density at radius 2 is 2.27 bits per heavy atom. The molecule has 0 fully saturated rings. The molecule has 0 bridgehead atoms. The third kappa shape index (κ3) is 7.69. The van der Waals surface area contributed by atoms with E-state index in [1.54, 1.807) is 13.0 Å². The summed E-state index contributed by atoms with van der Waals surface area (Å²) in [6.45, 7) is 5.72. The van der Waals surface area contributed by atoms with Crippen molar-refractivity contribution >= 4 is 11.9 Å². The van der Waals surface area contributed by atoms with Crippen molar-refractivity contribution in [3.8, 4) is 0 Å². The number of aliphatic carboxylic acids is 1. The minimum Gasteiger partial charge on any atom is -0.481 e. The fourth-order valence-corrected chi connectivity index (χ4v) is 0.840. The van der Waals surface area contributed by atoms with Crippen molar-refractivity contribution in [1.82, 2.24) is 5.32 Å². The third-order valence-corrected chi connectivity index (χ3v) is 1.70. The van der Waals surface area contributed by atoms with Crippen molar-refractivity contribution in [2.45, 2.75) is 25.9 Å². The molecule has 0 aliphatic rings. The summed E-state index contributed by atoms with van der Waals surface area (Å²) in [5.74, 6) is -1.23. The second kappa shape index (κ2) is 7.99. The molecular weight excluding hydrogens is 198 g/mol. The van der Waals surface area contributed by atoms with E-state index in [-0.39, 0.29) is 18.9 Å². The zero-order valence-corrected chi connectivity index (χ0v) is 8.86. The van der Waals surface area contributed by atoms with Gasteiger partial charge in [0.2, 0.25) is 5.91 Å². The molecule has 0 radical (unpaired) electrons. The van der Waals surface area contributed by atoms with Crippen molar-refractivity contribution in [3.63, 3.8) is 0 Å². The number of amides is 1. The van der Waals surface area contributed by atoms with Gasteiger partial charge in [0.15, 0.2) is 0 Å². The van der Waals surface area contributed by atoms with Gasteiger partial charge in [-0.15, -0.1) is 6.58 Å². The van der Waals surface area contributed by atoms with Crippen LogP contribution in [-0.2, 0) is 14.3 Å². The monoisotopic (exact) mass is 215 g/mol. The predicted molar refractivity (Wildman–Crippen MR) is 55.5 cm³/mol. The summed E-state index contributed by atoms with van der Waals surface area (Å²) in [6, 6.07) is 0. The average Bonchev–Trinajstić information content (AvgIpc) is 2.17. The van der Waals surface area contributed by atoms with Gasteiger partial charge in [0.25, 0.3) is 0 Å². The molecule has 1 atom stereocenters. The van der Waals surface area contributed by atoms with Crippen molar-refractivity contribution in [2.24, 2.45) is 0 Å². The number of nitrogens with one attached hydrogen (secondary N) is 1. The van der Waals surface area contributed by atoms with Crippen molar-refractivity contribution in [1.29, 1.82) is 0 Å². The quantitative estimate of drug-likeness (QED) is 0.458. The molecule has 0 aliphatic heterocycles. The maximum absolute atomic E-state index is 11.3. The zero-order chi connectivity index (χ0) is 11.7. The lowest BCUT2D eigenvalue weighted by atomic mass is 10.3. The first kappa shape index (κ1) is 13.6. The van der Waals surface area contributed by atoms with Crippen molar-refractivity contribution in [3.05, 3.63) is 12.7 Å². The van der Waals surface area contributed by atoms with Crippen LogP contribution in [0.2, 0.25) is 0 Å². The highest BCUT2D eigenvalue weighted by molar-refractivity contribution is 5.80. The van der Waals surface area contributed by atoms with Crippen LogP contribution < -0.4 is 5.32 Å². The second-order valence-corrected chi connectivity index (χ2v) is 3.03. The number of carboxylic acid groups (broad SMARTS) is 1. The number of carbonyl (C=O) groups excluding carboxylic acids is 1. The normalized spacial score (nSPS) is 11.8. The fourth-order valence-electron chi connectivity index (χ4n) is 0.840. The smallest absolute Gasteiger partial charge is 0.305 e. The van der Waals surface area contributed by atoms with Crippen LogP contribution in [0.15, 0.2) is 12.7 Å². The summed E-state index contributed by atoms with van der Waals surface area (Å²) in [7, 11) is 0. The molecule has 0 spiro atoms. The van der Waals surface area contributed by atoms with E-state index in [0.29, 0.717) is 13.0 Å². The Bertz CT molecular complexity index is 227. The van der Waals surface area contributed by atoms with Gasteiger partial charge in [-0.05, 0) is 13.3 Å². The Hall–Kier alpha value is -1.36. The third-order valence-electron chi connectivity index (χ3n) is 1.70. The van der Waals surface area contributed by atoms with Crippen LogP contribution in [0, 0.1) is 0 Å². The fraction of sp³-hybridized carbons (Fsp3) is 0.600. The van der Waals surface area contributed by atoms with Crippen LogP contribution in [0.5, 0.6) is 0 Å². The molecule has 0 heterocycles. The molecule has 0 aromatic carbocycles. The summed E-state index contributed by atoms with van der Waals surface area (Å²) in [6.07, 6.45) is 1.76. The molecule has 0 saturated heterocycles. The van der Waals surface area contributed by atoms with Gasteiger partial charge in [-0.25, -0.2) is 0 Å². The van der Waals surface area contributed by atoms with E-state index in [0.717, 1.165) is 0 Å². The number of carbonyl (C=O) groups is 2. The lowest BCUT2D eigenvalue weighted by Gasteiger charge is -2.11. The first-order valence-electron chi connectivity index (χ1n) is 4.80. The van der Waals surface area contributed by atoms with Crippen LogP contribution in [0.25, 0.3) is 0 Å². The summed E-state index contributed by atoms with van der Waals surface area (Å²) in [5.41, 5.74) is 0. The minimum atomic E-state index is -0.935. The van der Waals surface area contributed by atoms with E-state index in [4.69, 9.17) is 9.84 Å². The highest BCUT2D eigenvalue weighted by atomic mass is 16.5. The van der Waals surface area contributed by atoms with E-state index in [1.807, 2.05) is 0 Å². The molecular formula is C10H17NO4. The average molecular weight is 215 g/mol. The second-order valence-electron chi connectivity index (χ2n) is 3.03. The number of hydrogen-bond donors (Lipinski definition) is 2. The SMILES string of the molecule is C=CCCOC(C)C(=O)NCCC(=O)O. The Balaban J connectivity index is 3.59. The first-order chi connectivity index (χ1) is 7.07. The maximum atomic E-state index is 11.3. The van der Waals surface area contributed by atoms with Crippen LogP contribution in [-0.4, -0.2) is 36.2 Å². The molecule has 0 aromatic heterocycles. The molecule has 86 valence electrons. The van der Waals surface area contributed by atoms with Gasteiger partial charge in [0.1, 0.15) is 6.10 Å². The van der Waals surface area contributed by atoms with Crippen LogP contribution in [0.3, 0.4) is 0 Å². The summed E-state index contributed by atoms with van der Waals surface area (Å²) in [4.78, 5) is 21.4. The van der Waals surface area contributed by atoms with Crippen LogP contribution in [0.4, 0.5) is 0 Å². The van der Waals surface area contributed by atoms with Crippen molar-refractivity contribution in [2.75, 3.05) is 13.2 Å². The summed E-state index contributed by atoms with van der Waals surface area (Å²) < 4.78 is 5.17. The summed E-state index contributed by atoms with van der Waals surface area (Å²) >= 11 is 0. The molecule has 0 rings (SSSR count). The maximum Gasteiger partial charge on any atom is 0.305 e. The number of ether oxygens (including phenoxy) is 1. The van der Waals surface area contributed by atoms with Gasteiger partial charge in [-0.3, -0.25) is 9.59 Å². The van der Waals surface area contributed by atoms with Gasteiger partial charge in [-0.1, -0.05) is 6.08 Å². The molecule has 2 N–H and O–H groups in total. The first-order valence-corrected chi connectivity index (χ1v) is 4.80. The van der Waals surface area contributed by atoms with E-state index >= 15 is 0 Å². The summed E-state index contributed by atoms with van der Waals surface area (Å²) in [5, 5.41) is 10.8. The number of carboxylic acids is 1. The molecule has 5 nitrogen and oxygen atoms in total. The lowest BCUT2D eigenvalue weighted by molar-refractivity contribution is -0.137. The van der Waals surface area contributed by atoms with E-state index in [9.17, 15) is 9.59 Å². The van der Waals surface area contributed by atoms with E-state index in [1.165, 1.54) is 0 Å². The topological polar surface area (TPSA) is 75.6 Å². The minimum absolute atomic E-state index is 0.0783. The molecule has 0 aliphatic carbocycles. The van der Waals surface area contributed by atoms with Crippen molar-refractivity contribution < 1.29 is 19.4 Å². The molecule has 15 heavy (non-hydrogen) atoms. The lowest BCUT2D eigenvalue weighted by Crippen LogP contribution is -2.35. The molecule has 0 saturated carbocycles. The predicted octanol–water partition coefficient (Wildman–Crippen LogP) is 0.558. The van der Waals surface area contributed by atoms with Crippen LogP contribution in [0.1, 0.15) is 19.8 Å². The molecule has 1 unspecified atom stereocenters. The van der Waals surface area contributed by atoms with Gasteiger partial charge in [-0.2, -0.15) is 0 Å². The van der Waals surface area contributed by atoms with Gasteiger partial charge in [0, 0.05) is 6.54 Å². The molecule has 5 heteroatoms. The van der Waals surface area contributed by atoms with E-state index in [2.05, 4.69) is 11.9 Å². The van der Waals surface area contributed by atoms with Gasteiger partial charge < -0.3 is 15.2 Å². The Morgan fingerprint density at radius 1 is 1.60 bits per heavy atom. The highest BCUT2D eigenvalue weighted by Gasteiger charge is 2.12. The number of rotatable bonds is 8. The molecule has 0 aromatic rings. The molecule has 1 amide bonds. The Kier molecular flexibility index (Phi) is 7.27. The standard InChI is InChI=1S/C10H17NO4/c1-3-4-7-15-8(2)10(14)11-6-5-9(12)13/h3,8H,1,4-7H2,2H3,(H,11,14)(H,12,13). The highest BCUT2D eigenvalue weighted by Crippen LogP contribution is 1.93. The van der Waals surface area contributed by atoms with Gasteiger partial charge >= 0.3 is 5.97 Å².